The van der Waals surface area contributed by atoms with E-state index in [4.69, 9.17) is 21.9 Å². The van der Waals surface area contributed by atoms with Crippen LogP contribution < -0.4 is 10.2 Å². The summed E-state index contributed by atoms with van der Waals surface area (Å²) >= 11 is 7.51. The maximum absolute atomic E-state index is 5.71. The van der Waals surface area contributed by atoms with Crippen molar-refractivity contribution in [3.63, 3.8) is 0 Å². The molecule has 7 heteroatoms. The molecule has 0 aliphatic carbocycles. The first kappa shape index (κ1) is 18.1. The van der Waals surface area contributed by atoms with Crippen LogP contribution in [0.5, 0.6) is 0 Å². The molecule has 2 aliphatic heterocycles. The quantitative estimate of drug-likeness (QED) is 0.599. The first-order valence-electron chi connectivity index (χ1n) is 9.62. The molecule has 4 rings (SSSR count). The van der Waals surface area contributed by atoms with Crippen molar-refractivity contribution in [3.05, 3.63) is 29.3 Å². The van der Waals surface area contributed by atoms with Gasteiger partial charge in [-0.3, -0.25) is 0 Å². The highest BCUT2D eigenvalue weighted by Crippen LogP contribution is 2.36. The molecular formula is C19H27N4OS2+. The number of thiocarbonyl (C=S) groups is 1. The fraction of sp³-hybridized carbons (Fsp3) is 0.579. The van der Waals surface area contributed by atoms with Crippen LogP contribution in [0.15, 0.2) is 24.3 Å². The first-order valence-corrected chi connectivity index (χ1v) is 10.8. The molecule has 2 N–H and O–H groups in total. The molecule has 140 valence electrons. The van der Waals surface area contributed by atoms with E-state index < -0.39 is 0 Å². The maximum Gasteiger partial charge on any atom is 0.169 e. The van der Waals surface area contributed by atoms with Gasteiger partial charge in [-0.05, 0) is 37.2 Å². The number of hydrogen-bond acceptors (Lipinski definition) is 4. The van der Waals surface area contributed by atoms with E-state index >= 15 is 0 Å². The minimum atomic E-state index is 0.331. The Balaban J connectivity index is 1.30. The molecule has 3 heterocycles. The van der Waals surface area contributed by atoms with E-state index in [0.29, 0.717) is 6.04 Å². The molecule has 1 atom stereocenters. The highest BCUT2D eigenvalue weighted by Gasteiger charge is 2.30. The lowest BCUT2D eigenvalue weighted by Gasteiger charge is -2.27. The van der Waals surface area contributed by atoms with Crippen LogP contribution in [0.3, 0.4) is 0 Å². The summed E-state index contributed by atoms with van der Waals surface area (Å²) in [5.74, 6) is 0. The van der Waals surface area contributed by atoms with Crippen LogP contribution in [0.2, 0.25) is 0 Å². The number of nitrogens with zero attached hydrogens (tertiary/aromatic N) is 2. The Morgan fingerprint density at radius 1 is 1.35 bits per heavy atom. The zero-order valence-electron chi connectivity index (χ0n) is 15.1. The van der Waals surface area contributed by atoms with Crippen LogP contribution in [0.4, 0.5) is 0 Å². The standard InChI is InChI=1S/C19H26N4OS2/c25-19(20-8-4-9-22-11-13-24-14-12-22)23-10-3-6-16(23)18-21-15-5-1-2-7-17(15)26-18/h1-2,5,7,16H,3-4,6,8-14H2,(H,20,25)/p+1/t16-/m1/s1. The summed E-state index contributed by atoms with van der Waals surface area (Å²) in [6.07, 6.45) is 3.47. The molecule has 2 aliphatic rings. The molecular weight excluding hydrogens is 364 g/mol. The predicted molar refractivity (Wildman–Crippen MR) is 110 cm³/mol. The van der Waals surface area contributed by atoms with Crippen LogP contribution in [0.1, 0.15) is 30.3 Å². The van der Waals surface area contributed by atoms with Gasteiger partial charge in [-0.25, -0.2) is 4.98 Å². The monoisotopic (exact) mass is 391 g/mol. The number of thiazole rings is 1. The number of ether oxygens (including phenoxy) is 1. The average molecular weight is 392 g/mol. The summed E-state index contributed by atoms with van der Waals surface area (Å²) in [6.45, 7) is 7.25. The van der Waals surface area contributed by atoms with Crippen LogP contribution >= 0.6 is 23.6 Å². The Morgan fingerprint density at radius 3 is 3.04 bits per heavy atom. The largest absolute Gasteiger partial charge is 0.370 e. The van der Waals surface area contributed by atoms with Crippen molar-refractivity contribution in [1.82, 2.24) is 15.2 Å². The Bertz CT molecular complexity index is 711. The van der Waals surface area contributed by atoms with E-state index in [9.17, 15) is 0 Å². The van der Waals surface area contributed by atoms with Crippen molar-refractivity contribution in [3.8, 4) is 0 Å². The number of hydrogen-bond donors (Lipinski definition) is 2. The van der Waals surface area contributed by atoms with Crippen LogP contribution in [-0.2, 0) is 4.74 Å². The molecule has 0 spiro atoms. The average Bonchev–Trinajstić information content (AvgIpc) is 3.32. The molecule has 0 bridgehead atoms. The third-order valence-corrected chi connectivity index (χ3v) is 6.81. The van der Waals surface area contributed by atoms with Gasteiger partial charge in [-0.15, -0.1) is 11.3 Å². The Labute approximate surface area is 164 Å². The molecule has 2 aromatic rings. The summed E-state index contributed by atoms with van der Waals surface area (Å²) in [6, 6.07) is 8.72. The SMILES string of the molecule is S=C(NCCC[NH+]1CCOCC1)N1CCC[C@@H]1c1nc2ccccc2s1. The summed E-state index contributed by atoms with van der Waals surface area (Å²) in [5.41, 5.74) is 1.10. The van der Waals surface area contributed by atoms with Crippen LogP contribution in [0, 0.1) is 0 Å². The Hall–Kier alpha value is -1.28. The number of morpholine rings is 1. The number of benzene rings is 1. The predicted octanol–water partition coefficient (Wildman–Crippen LogP) is 1.61. The topological polar surface area (TPSA) is 41.8 Å². The lowest BCUT2D eigenvalue weighted by atomic mass is 10.2. The molecule has 1 aromatic heterocycles. The van der Waals surface area contributed by atoms with Gasteiger partial charge in [-0.2, -0.15) is 0 Å². The number of fused-ring (bicyclic) bond motifs is 1. The molecule has 2 fully saturated rings. The van der Waals surface area contributed by atoms with Crippen LogP contribution in [-0.4, -0.2) is 60.9 Å². The fourth-order valence-corrected chi connectivity index (χ4v) is 5.28. The number of nitrogens with one attached hydrogen (secondary N) is 2. The van der Waals surface area contributed by atoms with Gasteiger partial charge < -0.3 is 19.9 Å². The summed E-state index contributed by atoms with van der Waals surface area (Å²) in [5, 5.41) is 5.58. The zero-order chi connectivity index (χ0) is 17.8. The summed E-state index contributed by atoms with van der Waals surface area (Å²) in [7, 11) is 0. The highest BCUT2D eigenvalue weighted by atomic mass is 32.1. The van der Waals surface area contributed by atoms with Gasteiger partial charge in [0.15, 0.2) is 5.11 Å². The van der Waals surface area contributed by atoms with Crippen LogP contribution in [0.25, 0.3) is 10.2 Å². The van der Waals surface area contributed by atoms with Gasteiger partial charge in [0.25, 0.3) is 0 Å². The second-order valence-corrected chi connectivity index (χ2v) is 8.52. The van der Waals surface area contributed by atoms with Crippen molar-refractivity contribution in [2.24, 2.45) is 0 Å². The van der Waals surface area contributed by atoms with Gasteiger partial charge in [0.1, 0.15) is 18.1 Å². The summed E-state index contributed by atoms with van der Waals surface area (Å²) in [4.78, 5) is 8.85. The number of para-hydroxylation sites is 1. The number of rotatable bonds is 5. The van der Waals surface area contributed by atoms with Gasteiger partial charge in [0.05, 0.1) is 36.0 Å². The molecule has 0 saturated carbocycles. The second kappa shape index (κ2) is 8.61. The van der Waals surface area contributed by atoms with E-state index in [1.807, 2.05) is 11.3 Å². The van der Waals surface area contributed by atoms with Gasteiger partial charge in [0, 0.05) is 19.5 Å². The molecule has 1 aromatic carbocycles. The van der Waals surface area contributed by atoms with Crippen molar-refractivity contribution in [2.45, 2.75) is 25.3 Å². The number of aromatic nitrogens is 1. The maximum atomic E-state index is 5.71. The third kappa shape index (κ3) is 4.17. The van der Waals surface area contributed by atoms with Crippen molar-refractivity contribution in [2.75, 3.05) is 45.9 Å². The second-order valence-electron chi connectivity index (χ2n) is 7.07. The van der Waals surface area contributed by atoms with Gasteiger partial charge in [0.2, 0.25) is 0 Å². The first-order chi connectivity index (χ1) is 12.8. The smallest absolute Gasteiger partial charge is 0.169 e. The Morgan fingerprint density at radius 2 is 2.19 bits per heavy atom. The van der Waals surface area contributed by atoms with E-state index in [-0.39, 0.29) is 0 Å². The molecule has 0 unspecified atom stereocenters. The van der Waals surface area contributed by atoms with Crippen molar-refractivity contribution in [1.29, 1.82) is 0 Å². The molecule has 2 saturated heterocycles. The minimum Gasteiger partial charge on any atom is -0.370 e. The lowest BCUT2D eigenvalue weighted by molar-refractivity contribution is -0.908. The van der Waals surface area contributed by atoms with Gasteiger partial charge >= 0.3 is 0 Å². The summed E-state index contributed by atoms with van der Waals surface area (Å²) < 4.78 is 6.68. The molecule has 0 amide bonds. The van der Waals surface area contributed by atoms with E-state index in [1.165, 1.54) is 22.7 Å². The number of quaternary nitrogens is 1. The fourth-order valence-electron chi connectivity index (χ4n) is 3.84. The molecule has 0 radical (unpaired) electrons. The van der Waals surface area contributed by atoms with Gasteiger partial charge in [-0.1, -0.05) is 12.1 Å². The van der Waals surface area contributed by atoms with E-state index in [1.54, 1.807) is 4.90 Å². The van der Waals surface area contributed by atoms with E-state index in [0.717, 1.165) is 62.9 Å². The highest BCUT2D eigenvalue weighted by molar-refractivity contribution is 7.80. The zero-order valence-corrected chi connectivity index (χ0v) is 16.7. The van der Waals surface area contributed by atoms with E-state index in [2.05, 4.69) is 34.5 Å². The van der Waals surface area contributed by atoms with Crippen molar-refractivity contribution < 1.29 is 9.64 Å². The molecule has 26 heavy (non-hydrogen) atoms. The minimum absolute atomic E-state index is 0.331. The third-order valence-electron chi connectivity index (χ3n) is 5.29. The number of likely N-dealkylation sites (tertiary alicyclic amines) is 1. The normalized spacial score (nSPS) is 21.4. The Kier molecular flexibility index (Phi) is 5.99. The molecule has 5 nitrogen and oxygen atoms in total. The van der Waals surface area contributed by atoms with Crippen molar-refractivity contribution >= 4 is 38.9 Å². The lowest BCUT2D eigenvalue weighted by Crippen LogP contribution is -3.14.